The molecule has 1 aliphatic carbocycles. The number of likely N-dealkylation sites (tertiary alicyclic amines) is 1. The van der Waals surface area contributed by atoms with Crippen molar-refractivity contribution in [3.8, 4) is 0 Å². The van der Waals surface area contributed by atoms with Gasteiger partial charge in [0.1, 0.15) is 0 Å². The lowest BCUT2D eigenvalue weighted by molar-refractivity contribution is 0.155. The van der Waals surface area contributed by atoms with Crippen LogP contribution in [0.2, 0.25) is 0 Å². The lowest BCUT2D eigenvalue weighted by Gasteiger charge is -2.34. The number of piperidine rings is 1. The van der Waals surface area contributed by atoms with Crippen LogP contribution in [0.25, 0.3) is 0 Å². The minimum Gasteiger partial charge on any atom is -0.303 e. The van der Waals surface area contributed by atoms with E-state index in [0.29, 0.717) is 5.41 Å². The Kier molecular flexibility index (Phi) is 4.00. The molecule has 2 fully saturated rings. The van der Waals surface area contributed by atoms with E-state index in [1.54, 1.807) is 0 Å². The van der Waals surface area contributed by atoms with Gasteiger partial charge in [-0.2, -0.15) is 12.6 Å². The van der Waals surface area contributed by atoms with Crippen LogP contribution in [-0.4, -0.2) is 30.3 Å². The van der Waals surface area contributed by atoms with Gasteiger partial charge in [-0.3, -0.25) is 0 Å². The molecule has 0 aromatic rings. The molecule has 2 aliphatic rings. The Hall–Kier alpha value is 0.310. The van der Waals surface area contributed by atoms with Crippen molar-refractivity contribution in [1.29, 1.82) is 0 Å². The van der Waals surface area contributed by atoms with Gasteiger partial charge in [0.05, 0.1) is 0 Å². The normalized spacial score (nSPS) is 26.8. The maximum atomic E-state index is 4.49. The maximum absolute atomic E-state index is 4.49. The number of nitrogens with zero attached hydrogens (tertiary/aromatic N) is 1. The van der Waals surface area contributed by atoms with Crippen LogP contribution in [0.15, 0.2) is 0 Å². The van der Waals surface area contributed by atoms with E-state index in [9.17, 15) is 0 Å². The second-order valence-electron chi connectivity index (χ2n) is 5.67. The second-order valence-corrected chi connectivity index (χ2v) is 5.98. The molecule has 0 bridgehead atoms. The highest BCUT2D eigenvalue weighted by Gasteiger charge is 2.42. The molecule has 0 N–H and O–H groups in total. The minimum atomic E-state index is 0.626. The quantitative estimate of drug-likeness (QED) is 0.706. The molecule has 0 atom stereocenters. The minimum absolute atomic E-state index is 0.626. The molecule has 88 valence electrons. The molecular weight excluding hydrogens is 202 g/mol. The van der Waals surface area contributed by atoms with Crippen LogP contribution in [-0.2, 0) is 0 Å². The maximum Gasteiger partial charge on any atom is 0.00458 e. The molecule has 2 rings (SSSR count). The average Bonchev–Trinajstić information content (AvgIpc) is 3.02. The van der Waals surface area contributed by atoms with Crippen molar-refractivity contribution in [2.45, 2.75) is 45.4 Å². The van der Waals surface area contributed by atoms with E-state index in [1.165, 1.54) is 58.2 Å². The highest BCUT2D eigenvalue weighted by Crippen LogP contribution is 2.47. The zero-order chi connectivity index (χ0) is 10.7. The first-order chi connectivity index (χ1) is 7.28. The van der Waals surface area contributed by atoms with Crippen molar-refractivity contribution < 1.29 is 0 Å². The second kappa shape index (κ2) is 5.09. The fraction of sp³-hybridized carbons (Fsp3) is 1.00. The first kappa shape index (κ1) is 11.8. The summed E-state index contributed by atoms with van der Waals surface area (Å²) in [6.45, 7) is 6.34. The summed E-state index contributed by atoms with van der Waals surface area (Å²) in [6, 6.07) is 0. The summed E-state index contributed by atoms with van der Waals surface area (Å²) in [5.74, 6) is 2.12. The summed E-state index contributed by atoms with van der Waals surface area (Å²) in [5, 5.41) is 0. The summed E-state index contributed by atoms with van der Waals surface area (Å²) >= 11 is 4.49. The summed E-state index contributed by atoms with van der Waals surface area (Å²) in [7, 11) is 0. The number of hydrogen-bond acceptors (Lipinski definition) is 2. The molecule has 1 nitrogen and oxygen atoms in total. The van der Waals surface area contributed by atoms with Gasteiger partial charge < -0.3 is 4.90 Å². The van der Waals surface area contributed by atoms with Gasteiger partial charge in [-0.1, -0.05) is 19.8 Å². The predicted octanol–water partition coefficient (Wildman–Crippen LogP) is 3.21. The smallest absolute Gasteiger partial charge is 0.00458 e. The predicted molar refractivity (Wildman–Crippen MR) is 69.6 cm³/mol. The summed E-state index contributed by atoms with van der Waals surface area (Å²) in [6.07, 6.45) is 8.54. The summed E-state index contributed by atoms with van der Waals surface area (Å²) in [4.78, 5) is 2.69. The monoisotopic (exact) mass is 227 g/mol. The molecule has 0 spiro atoms. The molecule has 0 aromatic carbocycles. The van der Waals surface area contributed by atoms with Gasteiger partial charge in [0, 0.05) is 6.54 Å². The van der Waals surface area contributed by atoms with E-state index in [2.05, 4.69) is 24.5 Å². The van der Waals surface area contributed by atoms with Crippen LogP contribution >= 0.6 is 12.6 Å². The summed E-state index contributed by atoms with van der Waals surface area (Å²) in [5.41, 5.74) is 0.626. The molecule has 1 aliphatic heterocycles. The Morgan fingerprint density at radius 2 is 1.93 bits per heavy atom. The van der Waals surface area contributed by atoms with E-state index < -0.39 is 0 Å². The van der Waals surface area contributed by atoms with Gasteiger partial charge in [0.15, 0.2) is 0 Å². The van der Waals surface area contributed by atoms with E-state index in [0.717, 1.165) is 11.7 Å². The molecular formula is C13H25NS. The molecule has 0 unspecified atom stereocenters. The largest absolute Gasteiger partial charge is 0.303 e. The third kappa shape index (κ3) is 3.13. The Bertz CT molecular complexity index is 193. The van der Waals surface area contributed by atoms with Gasteiger partial charge in [0.2, 0.25) is 0 Å². The molecule has 15 heavy (non-hydrogen) atoms. The van der Waals surface area contributed by atoms with Gasteiger partial charge in [-0.15, -0.1) is 0 Å². The molecule has 0 aromatic heterocycles. The van der Waals surface area contributed by atoms with Crippen LogP contribution in [0, 0.1) is 11.3 Å². The van der Waals surface area contributed by atoms with E-state index in [4.69, 9.17) is 0 Å². The first-order valence-corrected chi connectivity index (χ1v) is 7.24. The SMILES string of the molecule is CCCC1CCN(CC2(CS)CC2)CC1. The molecule has 0 amide bonds. The van der Waals surface area contributed by atoms with Crippen molar-refractivity contribution in [2.24, 2.45) is 11.3 Å². The van der Waals surface area contributed by atoms with Crippen molar-refractivity contribution in [3.05, 3.63) is 0 Å². The van der Waals surface area contributed by atoms with Crippen molar-refractivity contribution in [3.63, 3.8) is 0 Å². The number of thiol groups is 1. The Labute approximate surface area is 100 Å². The first-order valence-electron chi connectivity index (χ1n) is 6.61. The molecule has 0 radical (unpaired) electrons. The van der Waals surface area contributed by atoms with Gasteiger partial charge in [-0.05, 0) is 55.9 Å². The Balaban J connectivity index is 1.69. The molecule has 2 heteroatoms. The number of hydrogen-bond donors (Lipinski definition) is 1. The van der Waals surface area contributed by atoms with E-state index in [1.807, 2.05) is 0 Å². The third-order valence-electron chi connectivity index (χ3n) is 4.26. The zero-order valence-corrected chi connectivity index (χ0v) is 10.9. The Morgan fingerprint density at radius 1 is 1.27 bits per heavy atom. The zero-order valence-electron chi connectivity index (χ0n) is 10.0. The Morgan fingerprint density at radius 3 is 2.40 bits per heavy atom. The highest BCUT2D eigenvalue weighted by molar-refractivity contribution is 7.80. The van der Waals surface area contributed by atoms with Crippen LogP contribution in [0.4, 0.5) is 0 Å². The van der Waals surface area contributed by atoms with Crippen LogP contribution < -0.4 is 0 Å². The van der Waals surface area contributed by atoms with Crippen LogP contribution in [0.5, 0.6) is 0 Å². The lowest BCUT2D eigenvalue weighted by atomic mass is 9.92. The summed E-state index contributed by atoms with van der Waals surface area (Å²) < 4.78 is 0. The van der Waals surface area contributed by atoms with Crippen LogP contribution in [0.1, 0.15) is 45.4 Å². The van der Waals surface area contributed by atoms with E-state index >= 15 is 0 Å². The van der Waals surface area contributed by atoms with E-state index in [-0.39, 0.29) is 0 Å². The van der Waals surface area contributed by atoms with Crippen molar-refractivity contribution >= 4 is 12.6 Å². The lowest BCUT2D eigenvalue weighted by Crippen LogP contribution is -2.38. The number of rotatable bonds is 5. The fourth-order valence-electron chi connectivity index (χ4n) is 2.86. The molecule has 1 saturated carbocycles. The third-order valence-corrected chi connectivity index (χ3v) is 4.93. The average molecular weight is 227 g/mol. The van der Waals surface area contributed by atoms with Crippen LogP contribution in [0.3, 0.4) is 0 Å². The standard InChI is InChI=1S/C13H25NS/c1-2-3-12-4-8-14(9-5-12)10-13(11-15)6-7-13/h12,15H,2-11H2,1H3. The van der Waals surface area contributed by atoms with Gasteiger partial charge in [-0.25, -0.2) is 0 Å². The fourth-order valence-corrected chi connectivity index (χ4v) is 3.28. The molecule has 1 saturated heterocycles. The highest BCUT2D eigenvalue weighted by atomic mass is 32.1. The topological polar surface area (TPSA) is 3.24 Å². The van der Waals surface area contributed by atoms with Crippen molar-refractivity contribution in [1.82, 2.24) is 4.90 Å². The van der Waals surface area contributed by atoms with Gasteiger partial charge in [0.25, 0.3) is 0 Å². The van der Waals surface area contributed by atoms with Crippen molar-refractivity contribution in [2.75, 3.05) is 25.4 Å². The molecule has 1 heterocycles. The van der Waals surface area contributed by atoms with Gasteiger partial charge >= 0.3 is 0 Å².